The van der Waals surface area contributed by atoms with Crippen LogP contribution < -0.4 is 19.7 Å². The average molecular weight is 430 g/mol. The monoisotopic (exact) mass is 429 g/mol. The lowest BCUT2D eigenvalue weighted by atomic mass is 10.2. The number of benzene rings is 3. The third-order valence-electron chi connectivity index (χ3n) is 5.92. The molecular formula is C26H27N3O3. The van der Waals surface area contributed by atoms with Gasteiger partial charge < -0.3 is 19.7 Å². The van der Waals surface area contributed by atoms with Gasteiger partial charge in [0.1, 0.15) is 6.61 Å². The topological polar surface area (TPSA) is 54.0 Å². The first-order valence-corrected chi connectivity index (χ1v) is 11.1. The van der Waals surface area contributed by atoms with E-state index in [1.54, 1.807) is 0 Å². The predicted octanol–water partition coefficient (Wildman–Crippen LogP) is 3.79. The molecule has 0 saturated carbocycles. The molecule has 0 bridgehead atoms. The zero-order valence-electron chi connectivity index (χ0n) is 17.9. The number of carbonyl (C=O) groups excluding carboxylic acids is 1. The zero-order chi connectivity index (χ0) is 21.8. The van der Waals surface area contributed by atoms with Crippen molar-refractivity contribution in [2.45, 2.75) is 12.6 Å². The molecule has 164 valence electrons. The number of ether oxygens (including phenoxy) is 2. The molecular weight excluding hydrogens is 402 g/mol. The second-order valence-corrected chi connectivity index (χ2v) is 8.15. The number of piperazine rings is 1. The number of rotatable bonds is 5. The number of carbonyl (C=O) groups is 1. The van der Waals surface area contributed by atoms with Crippen LogP contribution in [-0.2, 0) is 11.3 Å². The van der Waals surface area contributed by atoms with Crippen molar-refractivity contribution in [2.24, 2.45) is 0 Å². The Morgan fingerprint density at radius 2 is 1.53 bits per heavy atom. The second-order valence-electron chi connectivity index (χ2n) is 8.15. The summed E-state index contributed by atoms with van der Waals surface area (Å²) in [6.45, 7) is 5.25. The van der Waals surface area contributed by atoms with Crippen LogP contribution in [0.3, 0.4) is 0 Å². The van der Waals surface area contributed by atoms with Crippen LogP contribution in [0.4, 0.5) is 11.4 Å². The summed E-state index contributed by atoms with van der Waals surface area (Å²) in [6.07, 6.45) is -0.665. The van der Waals surface area contributed by atoms with Crippen LogP contribution in [-0.4, -0.2) is 49.7 Å². The minimum Gasteiger partial charge on any atom is -0.485 e. The third kappa shape index (κ3) is 4.70. The SMILES string of the molecule is O=C(Nc1ccc(N2CCN(Cc3ccccc3)CC2)cc1)[C@@H]1COc2ccccc2O1. The number of hydrogen-bond donors (Lipinski definition) is 1. The smallest absolute Gasteiger partial charge is 0.269 e. The molecule has 6 nitrogen and oxygen atoms in total. The Kier molecular flexibility index (Phi) is 5.94. The van der Waals surface area contributed by atoms with Crippen LogP contribution >= 0.6 is 0 Å². The number of amides is 1. The summed E-state index contributed by atoms with van der Waals surface area (Å²) < 4.78 is 11.4. The molecule has 1 saturated heterocycles. The number of anilines is 2. The fraction of sp³-hybridized carbons (Fsp3) is 0.269. The van der Waals surface area contributed by atoms with E-state index in [1.807, 2.05) is 36.4 Å². The molecule has 3 aromatic rings. The number of hydrogen-bond acceptors (Lipinski definition) is 5. The van der Waals surface area contributed by atoms with Gasteiger partial charge in [-0.2, -0.15) is 0 Å². The summed E-state index contributed by atoms with van der Waals surface area (Å²) in [4.78, 5) is 17.5. The average Bonchev–Trinajstić information content (AvgIpc) is 2.85. The molecule has 6 heteroatoms. The van der Waals surface area contributed by atoms with E-state index in [0.717, 1.165) is 38.4 Å². The minimum absolute atomic E-state index is 0.203. The molecule has 2 heterocycles. The van der Waals surface area contributed by atoms with Gasteiger partial charge in [-0.1, -0.05) is 42.5 Å². The van der Waals surface area contributed by atoms with Gasteiger partial charge in [-0.3, -0.25) is 9.69 Å². The van der Waals surface area contributed by atoms with E-state index in [2.05, 4.69) is 57.6 Å². The Morgan fingerprint density at radius 1 is 0.844 bits per heavy atom. The summed E-state index contributed by atoms with van der Waals surface area (Å²) in [6, 6.07) is 26.0. The van der Waals surface area contributed by atoms with Gasteiger partial charge in [0.05, 0.1) is 0 Å². The first kappa shape index (κ1) is 20.4. The summed E-state index contributed by atoms with van der Waals surface area (Å²) in [5, 5.41) is 2.94. The molecule has 1 fully saturated rings. The highest BCUT2D eigenvalue weighted by atomic mass is 16.6. The molecule has 32 heavy (non-hydrogen) atoms. The van der Waals surface area contributed by atoms with Crippen LogP contribution in [0.5, 0.6) is 11.5 Å². The van der Waals surface area contributed by atoms with E-state index in [-0.39, 0.29) is 12.5 Å². The van der Waals surface area contributed by atoms with Gasteiger partial charge in [0.25, 0.3) is 5.91 Å². The molecule has 0 aromatic heterocycles. The van der Waals surface area contributed by atoms with Gasteiger partial charge >= 0.3 is 0 Å². The highest BCUT2D eigenvalue weighted by Gasteiger charge is 2.27. The lowest BCUT2D eigenvalue weighted by molar-refractivity contribution is -0.125. The lowest BCUT2D eigenvalue weighted by Gasteiger charge is -2.36. The van der Waals surface area contributed by atoms with E-state index in [1.165, 1.54) is 11.3 Å². The quantitative estimate of drug-likeness (QED) is 0.669. The van der Waals surface area contributed by atoms with Crippen molar-refractivity contribution in [3.63, 3.8) is 0 Å². The summed E-state index contributed by atoms with van der Waals surface area (Å²) >= 11 is 0. The maximum atomic E-state index is 12.6. The molecule has 2 aliphatic heterocycles. The number of nitrogens with one attached hydrogen (secondary N) is 1. The van der Waals surface area contributed by atoms with Gasteiger partial charge in [0.2, 0.25) is 6.10 Å². The molecule has 5 rings (SSSR count). The van der Waals surface area contributed by atoms with Crippen molar-refractivity contribution in [1.82, 2.24) is 4.90 Å². The molecule has 0 unspecified atom stereocenters. The lowest BCUT2D eigenvalue weighted by Crippen LogP contribution is -2.45. The number of para-hydroxylation sites is 2. The van der Waals surface area contributed by atoms with E-state index >= 15 is 0 Å². The van der Waals surface area contributed by atoms with Crippen molar-refractivity contribution in [3.8, 4) is 11.5 Å². The highest BCUT2D eigenvalue weighted by Crippen LogP contribution is 2.31. The molecule has 1 N–H and O–H groups in total. The van der Waals surface area contributed by atoms with E-state index in [0.29, 0.717) is 11.5 Å². The summed E-state index contributed by atoms with van der Waals surface area (Å²) in [5.74, 6) is 1.06. The Morgan fingerprint density at radius 3 is 2.28 bits per heavy atom. The Bertz CT molecular complexity index is 1050. The molecule has 0 aliphatic carbocycles. The van der Waals surface area contributed by atoms with Crippen molar-refractivity contribution < 1.29 is 14.3 Å². The summed E-state index contributed by atoms with van der Waals surface area (Å²) in [5.41, 5.74) is 3.29. The maximum absolute atomic E-state index is 12.6. The first-order chi connectivity index (χ1) is 15.7. The predicted molar refractivity (Wildman–Crippen MR) is 125 cm³/mol. The molecule has 0 radical (unpaired) electrons. The van der Waals surface area contributed by atoms with Crippen LogP contribution in [0, 0.1) is 0 Å². The van der Waals surface area contributed by atoms with E-state index < -0.39 is 6.10 Å². The minimum atomic E-state index is -0.665. The third-order valence-corrected chi connectivity index (χ3v) is 5.92. The highest BCUT2D eigenvalue weighted by molar-refractivity contribution is 5.94. The first-order valence-electron chi connectivity index (χ1n) is 11.1. The van der Waals surface area contributed by atoms with E-state index in [9.17, 15) is 4.79 Å². The normalized spacial score (nSPS) is 18.2. The van der Waals surface area contributed by atoms with Gasteiger partial charge in [0.15, 0.2) is 11.5 Å². The van der Waals surface area contributed by atoms with Gasteiger partial charge in [-0.05, 0) is 42.0 Å². The van der Waals surface area contributed by atoms with Crippen molar-refractivity contribution in [2.75, 3.05) is 43.0 Å². The van der Waals surface area contributed by atoms with Gasteiger partial charge in [-0.15, -0.1) is 0 Å². The Labute approximate surface area is 188 Å². The largest absolute Gasteiger partial charge is 0.485 e. The Balaban J connectivity index is 1.13. The van der Waals surface area contributed by atoms with Crippen molar-refractivity contribution in [3.05, 3.63) is 84.4 Å². The van der Waals surface area contributed by atoms with E-state index in [4.69, 9.17) is 9.47 Å². The standard InChI is InChI=1S/C26H27N3O3/c30-26(25-19-31-23-8-4-5-9-24(23)32-25)27-21-10-12-22(13-11-21)29-16-14-28(15-17-29)18-20-6-2-1-3-7-20/h1-13,25H,14-19H2,(H,27,30)/t25-/m0/s1. The molecule has 0 spiro atoms. The fourth-order valence-electron chi connectivity index (χ4n) is 4.13. The zero-order valence-corrected chi connectivity index (χ0v) is 17.9. The molecule has 1 atom stereocenters. The van der Waals surface area contributed by atoms with Crippen molar-refractivity contribution in [1.29, 1.82) is 0 Å². The van der Waals surface area contributed by atoms with Crippen molar-refractivity contribution >= 4 is 17.3 Å². The van der Waals surface area contributed by atoms with Crippen LogP contribution in [0.15, 0.2) is 78.9 Å². The molecule has 2 aliphatic rings. The molecule has 1 amide bonds. The number of nitrogens with zero attached hydrogens (tertiary/aromatic N) is 2. The second kappa shape index (κ2) is 9.32. The summed E-state index contributed by atoms with van der Waals surface area (Å²) in [7, 11) is 0. The number of fused-ring (bicyclic) bond motifs is 1. The van der Waals surface area contributed by atoms with Gasteiger partial charge in [0, 0.05) is 44.1 Å². The maximum Gasteiger partial charge on any atom is 0.269 e. The Hall–Kier alpha value is -3.51. The van der Waals surface area contributed by atoms with Crippen LogP contribution in [0.2, 0.25) is 0 Å². The van der Waals surface area contributed by atoms with Gasteiger partial charge in [-0.25, -0.2) is 0 Å². The molecule has 3 aromatic carbocycles. The van der Waals surface area contributed by atoms with Crippen LogP contribution in [0.25, 0.3) is 0 Å². The fourth-order valence-corrected chi connectivity index (χ4v) is 4.13. The van der Waals surface area contributed by atoms with Crippen LogP contribution in [0.1, 0.15) is 5.56 Å².